The number of carboxylic acids is 1. The van der Waals surface area contributed by atoms with Crippen LogP contribution in [0.2, 0.25) is 0 Å². The number of nitrogens with zero attached hydrogens (tertiary/aromatic N) is 2. The van der Waals surface area contributed by atoms with Gasteiger partial charge in [-0.2, -0.15) is 0 Å². The number of rotatable bonds is 3. The van der Waals surface area contributed by atoms with Gasteiger partial charge in [-0.05, 0) is 37.2 Å². The molecule has 3 aliphatic rings. The number of nitro groups is 1. The highest BCUT2D eigenvalue weighted by Crippen LogP contribution is 2.56. The summed E-state index contributed by atoms with van der Waals surface area (Å²) >= 11 is 0. The predicted octanol–water partition coefficient (Wildman–Crippen LogP) is 1.83. The summed E-state index contributed by atoms with van der Waals surface area (Å²) in [5.41, 5.74) is -0.828. The Labute approximate surface area is 136 Å². The van der Waals surface area contributed by atoms with E-state index in [1.54, 1.807) is 0 Å². The van der Waals surface area contributed by atoms with Crippen LogP contribution in [0.5, 0.6) is 0 Å². The molecule has 2 bridgehead atoms. The lowest BCUT2D eigenvalue weighted by Crippen LogP contribution is -2.34. The monoisotopic (exact) mass is 330 g/mol. The molecule has 1 aromatic rings. The summed E-state index contributed by atoms with van der Waals surface area (Å²) < 4.78 is 0. The number of nitro benzene ring substituents is 1. The van der Waals surface area contributed by atoms with Crippen molar-refractivity contribution >= 4 is 29.2 Å². The number of imide groups is 1. The number of carbonyl (C=O) groups is 3. The highest BCUT2D eigenvalue weighted by atomic mass is 16.6. The maximum atomic E-state index is 12.8. The number of amides is 2. The smallest absolute Gasteiger partial charge is 0.337 e. The molecule has 8 nitrogen and oxygen atoms in total. The van der Waals surface area contributed by atoms with Gasteiger partial charge in [-0.15, -0.1) is 0 Å². The van der Waals surface area contributed by atoms with Crippen molar-refractivity contribution in [1.82, 2.24) is 0 Å². The lowest BCUT2D eigenvalue weighted by Gasteiger charge is -2.19. The first-order chi connectivity index (χ1) is 11.4. The second-order valence-electron chi connectivity index (χ2n) is 6.66. The molecule has 3 fully saturated rings. The maximum Gasteiger partial charge on any atom is 0.337 e. The van der Waals surface area contributed by atoms with Crippen LogP contribution in [0.1, 0.15) is 29.6 Å². The van der Waals surface area contributed by atoms with Gasteiger partial charge in [0.15, 0.2) is 0 Å². The molecule has 1 aromatic carbocycles. The predicted molar refractivity (Wildman–Crippen MR) is 80.4 cm³/mol. The van der Waals surface area contributed by atoms with Crippen molar-refractivity contribution in [2.75, 3.05) is 4.90 Å². The molecule has 2 amide bonds. The Morgan fingerprint density at radius 1 is 1.17 bits per heavy atom. The molecular weight excluding hydrogens is 316 g/mol. The van der Waals surface area contributed by atoms with Gasteiger partial charge in [0.05, 0.1) is 28.0 Å². The third kappa shape index (κ3) is 1.82. The summed E-state index contributed by atoms with van der Waals surface area (Å²) in [6, 6.07) is 3.13. The molecule has 0 unspecified atom stereocenters. The first kappa shape index (κ1) is 14.8. The van der Waals surface area contributed by atoms with Gasteiger partial charge < -0.3 is 5.11 Å². The van der Waals surface area contributed by atoms with Gasteiger partial charge in [-0.1, -0.05) is 0 Å². The number of fused-ring (bicyclic) bond motifs is 5. The number of non-ortho nitro benzene ring substituents is 1. The second-order valence-corrected chi connectivity index (χ2v) is 6.66. The van der Waals surface area contributed by atoms with Crippen molar-refractivity contribution in [2.24, 2.45) is 23.7 Å². The Morgan fingerprint density at radius 2 is 1.75 bits per heavy atom. The van der Waals surface area contributed by atoms with Crippen LogP contribution in [0.25, 0.3) is 0 Å². The first-order valence-corrected chi connectivity index (χ1v) is 7.79. The zero-order valence-corrected chi connectivity index (χ0v) is 12.5. The lowest BCUT2D eigenvalue weighted by molar-refractivity contribution is -0.384. The fourth-order valence-electron chi connectivity index (χ4n) is 4.65. The summed E-state index contributed by atoms with van der Waals surface area (Å²) in [5.74, 6) is -2.66. The molecule has 4 rings (SSSR count). The van der Waals surface area contributed by atoms with Crippen LogP contribution >= 0.6 is 0 Å². The molecule has 124 valence electrons. The summed E-state index contributed by atoms with van der Waals surface area (Å²) in [5, 5.41) is 20.3. The zero-order chi connectivity index (χ0) is 17.2. The molecular formula is C16H14N2O6. The largest absolute Gasteiger partial charge is 0.478 e. The van der Waals surface area contributed by atoms with Crippen LogP contribution in [0.15, 0.2) is 18.2 Å². The average molecular weight is 330 g/mol. The van der Waals surface area contributed by atoms with Crippen molar-refractivity contribution in [3.63, 3.8) is 0 Å². The topological polar surface area (TPSA) is 118 Å². The molecule has 1 N–H and O–H groups in total. The van der Waals surface area contributed by atoms with E-state index >= 15 is 0 Å². The summed E-state index contributed by atoms with van der Waals surface area (Å²) in [6.07, 6.45) is 2.67. The van der Waals surface area contributed by atoms with Gasteiger partial charge in [0.25, 0.3) is 5.69 Å². The van der Waals surface area contributed by atoms with Crippen LogP contribution in [0.3, 0.4) is 0 Å². The molecule has 0 radical (unpaired) electrons. The van der Waals surface area contributed by atoms with E-state index in [1.807, 2.05) is 0 Å². The van der Waals surface area contributed by atoms with E-state index in [0.29, 0.717) is 0 Å². The molecule has 4 atom stereocenters. The fourth-order valence-corrected chi connectivity index (χ4v) is 4.65. The Hall–Kier alpha value is -2.77. The number of hydrogen-bond acceptors (Lipinski definition) is 5. The van der Waals surface area contributed by atoms with E-state index in [1.165, 1.54) is 0 Å². The van der Waals surface area contributed by atoms with Crippen LogP contribution in [-0.4, -0.2) is 27.8 Å². The second kappa shape index (κ2) is 4.86. The van der Waals surface area contributed by atoms with Gasteiger partial charge in [0, 0.05) is 12.1 Å². The van der Waals surface area contributed by atoms with Crippen LogP contribution in [-0.2, 0) is 9.59 Å². The van der Waals surface area contributed by atoms with E-state index in [2.05, 4.69) is 0 Å². The van der Waals surface area contributed by atoms with Crippen molar-refractivity contribution < 1.29 is 24.4 Å². The average Bonchev–Trinajstić information content (AvgIpc) is 3.20. The standard InChI is InChI=1S/C16H14N2O6/c19-14-12-7-1-2-8(5-7)13(12)15(20)17(14)11-6-9(18(23)24)3-4-10(11)16(21)22/h3-4,6-8,12-13H,1-2,5H2,(H,21,22)/t7-,8+,12-,13-/m0/s1. The van der Waals surface area contributed by atoms with Gasteiger partial charge in [-0.3, -0.25) is 19.7 Å². The molecule has 24 heavy (non-hydrogen) atoms. The number of carbonyl (C=O) groups excluding carboxylic acids is 2. The summed E-state index contributed by atoms with van der Waals surface area (Å²) in [4.78, 5) is 48.2. The highest BCUT2D eigenvalue weighted by Gasteiger charge is 2.61. The van der Waals surface area contributed by atoms with Gasteiger partial charge in [0.2, 0.25) is 11.8 Å². The maximum absolute atomic E-state index is 12.8. The van der Waals surface area contributed by atoms with E-state index in [4.69, 9.17) is 0 Å². The molecule has 8 heteroatoms. The molecule has 1 saturated heterocycles. The SMILES string of the molecule is O=C(O)c1ccc([N+](=O)[O-])cc1N1C(=O)[C@H]2[C@@H]3CC[C@@H](C3)[C@@H]2C1=O. The normalized spacial score (nSPS) is 30.8. The van der Waals surface area contributed by atoms with Crippen LogP contribution in [0.4, 0.5) is 11.4 Å². The van der Waals surface area contributed by atoms with Gasteiger partial charge in [0.1, 0.15) is 0 Å². The van der Waals surface area contributed by atoms with Crippen molar-refractivity contribution in [1.29, 1.82) is 0 Å². The number of benzene rings is 1. The minimum atomic E-state index is -1.33. The van der Waals surface area contributed by atoms with E-state index in [9.17, 15) is 29.6 Å². The molecule has 0 spiro atoms. The fraction of sp³-hybridized carbons (Fsp3) is 0.438. The minimum absolute atomic E-state index is 0.161. The van der Waals surface area contributed by atoms with Crippen molar-refractivity contribution in [2.45, 2.75) is 19.3 Å². The third-order valence-corrected chi connectivity index (χ3v) is 5.59. The molecule has 1 heterocycles. The van der Waals surface area contributed by atoms with Crippen molar-refractivity contribution in [3.8, 4) is 0 Å². The Balaban J connectivity index is 1.82. The highest BCUT2D eigenvalue weighted by molar-refractivity contribution is 6.24. The number of anilines is 1. The molecule has 0 aromatic heterocycles. The molecule has 2 aliphatic carbocycles. The quantitative estimate of drug-likeness (QED) is 0.513. The van der Waals surface area contributed by atoms with Crippen molar-refractivity contribution in [3.05, 3.63) is 33.9 Å². The Kier molecular flexibility index (Phi) is 3.00. The number of carboxylic acid groups (broad SMARTS) is 1. The summed E-state index contributed by atoms with van der Waals surface area (Å²) in [6.45, 7) is 0. The Morgan fingerprint density at radius 3 is 2.25 bits per heavy atom. The lowest BCUT2D eigenvalue weighted by atomic mass is 9.81. The first-order valence-electron chi connectivity index (χ1n) is 7.79. The Bertz CT molecular complexity index is 776. The molecule has 2 saturated carbocycles. The van der Waals surface area contributed by atoms with E-state index in [0.717, 1.165) is 42.4 Å². The third-order valence-electron chi connectivity index (χ3n) is 5.59. The zero-order valence-electron chi connectivity index (χ0n) is 12.5. The van der Waals surface area contributed by atoms with Gasteiger partial charge in [-0.25, -0.2) is 9.69 Å². The van der Waals surface area contributed by atoms with Crippen LogP contribution < -0.4 is 4.90 Å². The molecule has 1 aliphatic heterocycles. The minimum Gasteiger partial charge on any atom is -0.478 e. The van der Waals surface area contributed by atoms with E-state index < -0.39 is 34.5 Å². The van der Waals surface area contributed by atoms with E-state index in [-0.39, 0.29) is 28.8 Å². The summed E-state index contributed by atoms with van der Waals surface area (Å²) in [7, 11) is 0. The van der Waals surface area contributed by atoms with Crippen LogP contribution in [0, 0.1) is 33.8 Å². The number of aromatic carboxylic acids is 1. The van der Waals surface area contributed by atoms with Gasteiger partial charge >= 0.3 is 5.97 Å². The number of hydrogen-bond donors (Lipinski definition) is 1.